The summed E-state index contributed by atoms with van der Waals surface area (Å²) < 4.78 is 3.93. The molecule has 0 saturated heterocycles. The first kappa shape index (κ1) is 22.2. The summed E-state index contributed by atoms with van der Waals surface area (Å²) in [6, 6.07) is 11.0. The Morgan fingerprint density at radius 2 is 1.94 bits per heavy atom. The van der Waals surface area contributed by atoms with Crippen LogP contribution in [0.4, 0.5) is 5.69 Å². The van der Waals surface area contributed by atoms with Crippen molar-refractivity contribution in [2.24, 2.45) is 12.0 Å². The van der Waals surface area contributed by atoms with Crippen LogP contribution in [0.1, 0.15) is 34.7 Å². The number of aromatic nitrogens is 3. The molecule has 5 rings (SSSR count). The molecule has 1 aliphatic rings. The van der Waals surface area contributed by atoms with Crippen molar-refractivity contribution in [1.29, 1.82) is 0 Å². The van der Waals surface area contributed by atoms with E-state index >= 15 is 0 Å². The lowest BCUT2D eigenvalue weighted by atomic mass is 10.0. The molecule has 4 aromatic rings. The number of nitrogens with one attached hydrogen (secondary N) is 1. The van der Waals surface area contributed by atoms with Crippen molar-refractivity contribution in [2.45, 2.75) is 26.8 Å². The number of hydrogen-bond acceptors (Lipinski definition) is 6. The first-order valence-electron chi connectivity index (χ1n) is 10.8. The second kappa shape index (κ2) is 8.66. The van der Waals surface area contributed by atoms with E-state index in [0.29, 0.717) is 20.6 Å². The summed E-state index contributed by atoms with van der Waals surface area (Å²) in [6.07, 6.45) is 3.74. The summed E-state index contributed by atoms with van der Waals surface area (Å²) in [5, 5.41) is 9.35. The number of carbonyl (C=O) groups is 1. The molecule has 1 aliphatic heterocycles. The van der Waals surface area contributed by atoms with Gasteiger partial charge in [0.25, 0.3) is 11.5 Å². The zero-order valence-electron chi connectivity index (χ0n) is 19.2. The van der Waals surface area contributed by atoms with Crippen LogP contribution in [0.2, 0.25) is 0 Å². The number of aryl methyl sites for hydroxylation is 3. The van der Waals surface area contributed by atoms with Gasteiger partial charge in [-0.1, -0.05) is 35.6 Å². The molecule has 0 fully saturated rings. The third-order valence-electron chi connectivity index (χ3n) is 5.81. The SMILES string of the molecule is CC1=C(C(=O)Nc2ccccc2C)[C@@H](c2cccs2)n2c(sc(=Cc3cn(C)nc3C)c2=O)=N1. The predicted octanol–water partition coefficient (Wildman–Crippen LogP) is 3.29. The monoisotopic (exact) mass is 489 g/mol. The second-order valence-electron chi connectivity index (χ2n) is 8.21. The van der Waals surface area contributed by atoms with E-state index in [9.17, 15) is 9.59 Å². The van der Waals surface area contributed by atoms with E-state index < -0.39 is 6.04 Å². The fourth-order valence-electron chi connectivity index (χ4n) is 4.13. The van der Waals surface area contributed by atoms with Crippen molar-refractivity contribution in [3.05, 3.63) is 101 Å². The summed E-state index contributed by atoms with van der Waals surface area (Å²) in [6.45, 7) is 5.69. The Labute approximate surface area is 204 Å². The normalized spacial score (nSPS) is 15.9. The van der Waals surface area contributed by atoms with Gasteiger partial charge in [0.1, 0.15) is 6.04 Å². The zero-order chi connectivity index (χ0) is 24.0. The summed E-state index contributed by atoms with van der Waals surface area (Å²) in [7, 11) is 1.85. The summed E-state index contributed by atoms with van der Waals surface area (Å²) >= 11 is 2.85. The van der Waals surface area contributed by atoms with Crippen molar-refractivity contribution in [3.63, 3.8) is 0 Å². The number of rotatable bonds is 4. The molecular formula is C25H23N5O2S2. The Hall–Kier alpha value is -3.56. The molecule has 3 aromatic heterocycles. The average Bonchev–Trinajstić information content (AvgIpc) is 3.50. The molecule has 0 saturated carbocycles. The van der Waals surface area contributed by atoms with Crippen molar-refractivity contribution in [1.82, 2.24) is 14.3 Å². The minimum atomic E-state index is -0.544. The summed E-state index contributed by atoms with van der Waals surface area (Å²) in [5.41, 5.74) is 4.34. The fraction of sp³-hybridized carbons (Fsp3) is 0.200. The van der Waals surface area contributed by atoms with E-state index in [0.717, 1.165) is 27.4 Å². The lowest BCUT2D eigenvalue weighted by Crippen LogP contribution is -2.40. The molecule has 0 bridgehead atoms. The van der Waals surface area contributed by atoms with Crippen molar-refractivity contribution in [3.8, 4) is 0 Å². The highest BCUT2D eigenvalue weighted by atomic mass is 32.1. The Kier molecular flexibility index (Phi) is 5.66. The van der Waals surface area contributed by atoms with Gasteiger partial charge < -0.3 is 5.32 Å². The van der Waals surface area contributed by atoms with Crippen molar-refractivity contribution < 1.29 is 4.79 Å². The van der Waals surface area contributed by atoms with Gasteiger partial charge >= 0.3 is 0 Å². The maximum atomic E-state index is 13.6. The van der Waals surface area contributed by atoms with Crippen LogP contribution in [0.25, 0.3) is 6.08 Å². The topological polar surface area (TPSA) is 81.3 Å². The number of carbonyl (C=O) groups excluding carboxylic acids is 1. The number of hydrogen-bond donors (Lipinski definition) is 1. The van der Waals surface area contributed by atoms with Gasteiger partial charge in [-0.15, -0.1) is 11.3 Å². The fourth-order valence-corrected chi connectivity index (χ4v) is 5.99. The number of anilines is 1. The van der Waals surface area contributed by atoms with Crippen LogP contribution < -0.4 is 20.2 Å². The lowest BCUT2D eigenvalue weighted by Gasteiger charge is -2.24. The van der Waals surface area contributed by atoms with Gasteiger partial charge in [-0.2, -0.15) is 5.10 Å². The molecule has 1 amide bonds. The largest absolute Gasteiger partial charge is 0.322 e. The molecule has 0 aliphatic carbocycles. The minimum Gasteiger partial charge on any atom is -0.322 e. The van der Waals surface area contributed by atoms with Crippen LogP contribution in [0, 0.1) is 13.8 Å². The maximum Gasteiger partial charge on any atom is 0.271 e. The van der Waals surface area contributed by atoms with Crippen LogP contribution in [0.15, 0.2) is 69.0 Å². The molecule has 0 unspecified atom stereocenters. The van der Waals surface area contributed by atoms with Crippen molar-refractivity contribution >= 4 is 40.3 Å². The summed E-state index contributed by atoms with van der Waals surface area (Å²) in [5.74, 6) is -0.258. The molecule has 172 valence electrons. The molecule has 0 radical (unpaired) electrons. The molecule has 34 heavy (non-hydrogen) atoms. The Morgan fingerprint density at radius 1 is 1.15 bits per heavy atom. The molecule has 7 nitrogen and oxygen atoms in total. The third kappa shape index (κ3) is 3.86. The number of allylic oxidation sites excluding steroid dienone is 1. The van der Waals surface area contributed by atoms with Gasteiger partial charge in [-0.05, 0) is 49.9 Å². The molecule has 1 N–H and O–H groups in total. The highest BCUT2D eigenvalue weighted by Crippen LogP contribution is 2.33. The van der Waals surface area contributed by atoms with Gasteiger partial charge in [0.2, 0.25) is 0 Å². The molecule has 4 heterocycles. The predicted molar refractivity (Wildman–Crippen MR) is 136 cm³/mol. The van der Waals surface area contributed by atoms with Crippen molar-refractivity contribution in [2.75, 3.05) is 5.32 Å². The maximum absolute atomic E-state index is 13.6. The Morgan fingerprint density at radius 3 is 2.62 bits per heavy atom. The van der Waals surface area contributed by atoms with Gasteiger partial charge in [-0.25, -0.2) is 4.99 Å². The smallest absolute Gasteiger partial charge is 0.271 e. The van der Waals surface area contributed by atoms with Gasteiger partial charge in [0.05, 0.1) is 21.5 Å². The Balaban J connectivity index is 1.66. The van der Waals surface area contributed by atoms with E-state index in [-0.39, 0.29) is 11.5 Å². The van der Waals surface area contributed by atoms with E-state index in [2.05, 4.69) is 15.4 Å². The first-order chi connectivity index (χ1) is 16.3. The van der Waals surface area contributed by atoms with E-state index in [4.69, 9.17) is 0 Å². The number of nitrogens with zero attached hydrogens (tertiary/aromatic N) is 4. The third-order valence-corrected chi connectivity index (χ3v) is 7.72. The van der Waals surface area contributed by atoms with E-state index in [1.54, 1.807) is 9.25 Å². The molecule has 0 spiro atoms. The van der Waals surface area contributed by atoms with Crippen LogP contribution in [-0.2, 0) is 11.8 Å². The Bertz CT molecular complexity index is 1620. The quantitative estimate of drug-likeness (QED) is 0.478. The lowest BCUT2D eigenvalue weighted by molar-refractivity contribution is -0.113. The van der Waals surface area contributed by atoms with E-state index in [1.165, 1.54) is 22.7 Å². The minimum absolute atomic E-state index is 0.168. The van der Waals surface area contributed by atoms with Crippen LogP contribution in [0.5, 0.6) is 0 Å². The number of amides is 1. The summed E-state index contributed by atoms with van der Waals surface area (Å²) in [4.78, 5) is 33.4. The highest BCUT2D eigenvalue weighted by Gasteiger charge is 2.33. The molecule has 9 heteroatoms. The number of para-hydroxylation sites is 1. The zero-order valence-corrected chi connectivity index (χ0v) is 20.8. The number of thiazole rings is 1. The van der Waals surface area contributed by atoms with E-state index in [1.807, 2.05) is 81.9 Å². The van der Waals surface area contributed by atoms with Gasteiger partial charge in [0, 0.05) is 29.4 Å². The number of benzene rings is 1. The van der Waals surface area contributed by atoms with Crippen LogP contribution in [0.3, 0.4) is 0 Å². The number of fused-ring (bicyclic) bond motifs is 1. The standard InChI is InChI=1S/C25H23N5O2S2/c1-14-8-5-6-9-18(14)27-23(31)21-16(3)26-25-30(22(21)19-10-7-11-33-19)24(32)20(34-25)12-17-13-29(4)28-15(17)2/h5-13,22H,1-4H3,(H,27,31)/t22-/m1/s1. The highest BCUT2D eigenvalue weighted by molar-refractivity contribution is 7.10. The molecule has 1 aromatic carbocycles. The average molecular weight is 490 g/mol. The van der Waals surface area contributed by atoms with Gasteiger partial charge in [-0.3, -0.25) is 18.8 Å². The van der Waals surface area contributed by atoms with Gasteiger partial charge in [0.15, 0.2) is 4.80 Å². The first-order valence-corrected chi connectivity index (χ1v) is 12.5. The van der Waals surface area contributed by atoms with Crippen LogP contribution in [-0.4, -0.2) is 20.3 Å². The molecular weight excluding hydrogens is 466 g/mol. The second-order valence-corrected chi connectivity index (χ2v) is 10.2. The van der Waals surface area contributed by atoms with Crippen LogP contribution >= 0.6 is 22.7 Å². The number of thiophene rings is 1. The molecule has 1 atom stereocenters.